The lowest BCUT2D eigenvalue weighted by Gasteiger charge is -2.06. The Kier molecular flexibility index (Phi) is 7.16. The number of aromatic nitrogens is 3. The van der Waals surface area contributed by atoms with Crippen LogP contribution in [0.15, 0.2) is 0 Å². The molecule has 9 heteroatoms. The van der Waals surface area contributed by atoms with Crippen LogP contribution in [0.4, 0.5) is 5.82 Å². The minimum atomic E-state index is -0.712. The fourth-order valence-electron chi connectivity index (χ4n) is 1.41. The lowest BCUT2D eigenvalue weighted by Crippen LogP contribution is -2.19. The molecule has 0 bridgehead atoms. The van der Waals surface area contributed by atoms with Crippen LogP contribution in [0.1, 0.15) is 30.3 Å². The molecule has 0 saturated carbocycles. The predicted octanol–water partition coefficient (Wildman–Crippen LogP) is 0.00680. The van der Waals surface area contributed by atoms with Crippen LogP contribution in [0.3, 0.4) is 0 Å². The number of methoxy groups -OCH3 is 1. The van der Waals surface area contributed by atoms with Crippen molar-refractivity contribution >= 4 is 17.8 Å². The number of nitrogens with zero attached hydrogens (tertiary/aromatic N) is 3. The molecule has 1 rings (SSSR count). The first-order valence-corrected chi connectivity index (χ1v) is 6.60. The number of hydrogen-bond donors (Lipinski definition) is 1. The Bertz CT molecular complexity index is 474. The monoisotopic (exact) mass is 300 g/mol. The second kappa shape index (κ2) is 8.90. The Hall–Kier alpha value is -2.16. The Morgan fingerprint density at radius 3 is 2.71 bits per heavy atom. The van der Waals surface area contributed by atoms with Crippen LogP contribution in [0.25, 0.3) is 0 Å². The first-order valence-electron chi connectivity index (χ1n) is 6.60. The maximum absolute atomic E-state index is 11.6. The van der Waals surface area contributed by atoms with Crippen LogP contribution in [0.2, 0.25) is 0 Å². The molecule has 0 unspecified atom stereocenters. The SMILES string of the molecule is CCCCOCCOC(=O)Cn1nnc(C(=O)OC)c1N. The van der Waals surface area contributed by atoms with Crippen molar-refractivity contribution in [2.24, 2.45) is 0 Å². The molecule has 21 heavy (non-hydrogen) atoms. The summed E-state index contributed by atoms with van der Waals surface area (Å²) in [6, 6.07) is 0. The molecule has 0 radical (unpaired) electrons. The highest BCUT2D eigenvalue weighted by atomic mass is 16.6. The van der Waals surface area contributed by atoms with Crippen LogP contribution in [-0.2, 0) is 25.5 Å². The van der Waals surface area contributed by atoms with Gasteiger partial charge in [-0.25, -0.2) is 9.48 Å². The number of esters is 2. The van der Waals surface area contributed by atoms with Crippen molar-refractivity contribution in [1.82, 2.24) is 15.0 Å². The van der Waals surface area contributed by atoms with Crippen molar-refractivity contribution in [2.75, 3.05) is 32.7 Å². The quantitative estimate of drug-likeness (QED) is 0.500. The number of carbonyl (C=O) groups excluding carboxylic acids is 2. The minimum absolute atomic E-state index is 0.0435. The topological polar surface area (TPSA) is 119 Å². The van der Waals surface area contributed by atoms with Crippen molar-refractivity contribution in [1.29, 1.82) is 0 Å². The van der Waals surface area contributed by atoms with E-state index in [-0.39, 0.29) is 24.7 Å². The highest BCUT2D eigenvalue weighted by Gasteiger charge is 2.19. The molecule has 1 aromatic rings. The predicted molar refractivity (Wildman–Crippen MR) is 72.5 cm³/mol. The molecule has 0 aromatic carbocycles. The third kappa shape index (κ3) is 5.38. The van der Waals surface area contributed by atoms with E-state index in [9.17, 15) is 9.59 Å². The number of nitrogens with two attached hydrogens (primary N) is 1. The van der Waals surface area contributed by atoms with Crippen molar-refractivity contribution in [3.8, 4) is 0 Å². The molecule has 1 heterocycles. The van der Waals surface area contributed by atoms with E-state index in [1.54, 1.807) is 0 Å². The molecule has 0 aliphatic heterocycles. The summed E-state index contributed by atoms with van der Waals surface area (Å²) in [5.74, 6) is -1.29. The standard InChI is InChI=1S/C12H20N4O5/c1-3-4-5-20-6-7-21-9(17)8-16-11(13)10(14-15-16)12(18)19-2/h3-8,13H2,1-2H3. The summed E-state index contributed by atoms with van der Waals surface area (Å²) < 4.78 is 15.8. The number of hydrogen-bond acceptors (Lipinski definition) is 8. The van der Waals surface area contributed by atoms with Gasteiger partial charge in [-0.2, -0.15) is 0 Å². The lowest BCUT2D eigenvalue weighted by atomic mass is 10.4. The zero-order valence-electron chi connectivity index (χ0n) is 12.2. The fraction of sp³-hybridized carbons (Fsp3) is 0.667. The van der Waals surface area contributed by atoms with E-state index < -0.39 is 11.9 Å². The molecule has 118 valence electrons. The largest absolute Gasteiger partial charge is 0.464 e. The first kappa shape index (κ1) is 16.9. The van der Waals surface area contributed by atoms with E-state index in [4.69, 9.17) is 15.2 Å². The van der Waals surface area contributed by atoms with E-state index in [0.717, 1.165) is 17.5 Å². The third-order valence-electron chi connectivity index (χ3n) is 2.56. The van der Waals surface area contributed by atoms with Gasteiger partial charge in [-0.15, -0.1) is 5.10 Å². The van der Waals surface area contributed by atoms with Gasteiger partial charge in [0.05, 0.1) is 13.7 Å². The molecular weight excluding hydrogens is 280 g/mol. The first-order chi connectivity index (χ1) is 10.1. The Labute approximate surface area is 122 Å². The number of anilines is 1. The van der Waals surface area contributed by atoms with Gasteiger partial charge < -0.3 is 19.9 Å². The van der Waals surface area contributed by atoms with E-state index in [2.05, 4.69) is 22.0 Å². The van der Waals surface area contributed by atoms with Gasteiger partial charge >= 0.3 is 11.9 Å². The maximum atomic E-state index is 11.6. The third-order valence-corrected chi connectivity index (χ3v) is 2.56. The molecule has 0 saturated heterocycles. The second-order valence-electron chi connectivity index (χ2n) is 4.16. The molecule has 0 spiro atoms. The van der Waals surface area contributed by atoms with Crippen molar-refractivity contribution in [3.63, 3.8) is 0 Å². The zero-order valence-corrected chi connectivity index (χ0v) is 12.2. The summed E-state index contributed by atoms with van der Waals surface area (Å²) in [5.41, 5.74) is 5.51. The maximum Gasteiger partial charge on any atom is 0.362 e. The average Bonchev–Trinajstić information content (AvgIpc) is 2.83. The molecule has 0 atom stereocenters. The Morgan fingerprint density at radius 2 is 2.05 bits per heavy atom. The van der Waals surface area contributed by atoms with Crippen molar-refractivity contribution in [3.05, 3.63) is 5.69 Å². The normalized spacial score (nSPS) is 10.4. The minimum Gasteiger partial charge on any atom is -0.464 e. The highest BCUT2D eigenvalue weighted by Crippen LogP contribution is 2.08. The molecular formula is C12H20N4O5. The zero-order chi connectivity index (χ0) is 15.7. The number of ether oxygens (including phenoxy) is 3. The molecule has 0 aliphatic rings. The summed E-state index contributed by atoms with van der Waals surface area (Å²) >= 11 is 0. The van der Waals surface area contributed by atoms with Gasteiger partial charge in [0.1, 0.15) is 13.2 Å². The van der Waals surface area contributed by atoms with Gasteiger partial charge in [-0.05, 0) is 6.42 Å². The highest BCUT2D eigenvalue weighted by molar-refractivity contribution is 5.91. The van der Waals surface area contributed by atoms with Crippen molar-refractivity contribution < 1.29 is 23.8 Å². The van der Waals surface area contributed by atoms with E-state index in [0.29, 0.717) is 13.2 Å². The summed E-state index contributed by atoms with van der Waals surface area (Å²) in [5, 5.41) is 7.15. The Balaban J connectivity index is 2.35. The van der Waals surface area contributed by atoms with Gasteiger partial charge in [-0.1, -0.05) is 18.6 Å². The van der Waals surface area contributed by atoms with Gasteiger partial charge in [-0.3, -0.25) is 4.79 Å². The van der Waals surface area contributed by atoms with Crippen LogP contribution in [-0.4, -0.2) is 53.9 Å². The molecule has 0 aliphatic carbocycles. The van der Waals surface area contributed by atoms with Crippen LogP contribution in [0.5, 0.6) is 0 Å². The lowest BCUT2D eigenvalue weighted by molar-refractivity contribution is -0.146. The van der Waals surface area contributed by atoms with E-state index >= 15 is 0 Å². The average molecular weight is 300 g/mol. The molecule has 0 fully saturated rings. The molecule has 1 aromatic heterocycles. The number of unbranched alkanes of at least 4 members (excludes halogenated alkanes) is 1. The van der Waals surface area contributed by atoms with Crippen LogP contribution < -0.4 is 5.73 Å². The van der Waals surface area contributed by atoms with Crippen LogP contribution in [0, 0.1) is 0 Å². The van der Waals surface area contributed by atoms with E-state index in [1.165, 1.54) is 7.11 Å². The fourth-order valence-corrected chi connectivity index (χ4v) is 1.41. The van der Waals surface area contributed by atoms with Gasteiger partial charge in [0.25, 0.3) is 0 Å². The van der Waals surface area contributed by atoms with Gasteiger partial charge in [0.15, 0.2) is 5.82 Å². The summed E-state index contributed by atoms with van der Waals surface area (Å²) in [6.45, 7) is 2.97. The number of rotatable bonds is 9. The van der Waals surface area contributed by atoms with Crippen LogP contribution >= 0.6 is 0 Å². The number of carbonyl (C=O) groups is 2. The summed E-state index contributed by atoms with van der Waals surface area (Å²) in [7, 11) is 1.20. The van der Waals surface area contributed by atoms with Gasteiger partial charge in [0.2, 0.25) is 5.69 Å². The molecule has 9 nitrogen and oxygen atoms in total. The number of nitrogen functional groups attached to an aromatic ring is 1. The van der Waals surface area contributed by atoms with Crippen molar-refractivity contribution in [2.45, 2.75) is 26.3 Å². The molecule has 0 amide bonds. The second-order valence-corrected chi connectivity index (χ2v) is 4.16. The summed E-state index contributed by atoms with van der Waals surface area (Å²) in [4.78, 5) is 22.8. The molecule has 2 N–H and O–H groups in total. The van der Waals surface area contributed by atoms with E-state index in [1.807, 2.05) is 0 Å². The Morgan fingerprint density at radius 1 is 1.29 bits per heavy atom. The van der Waals surface area contributed by atoms with Gasteiger partial charge in [0, 0.05) is 6.61 Å². The summed E-state index contributed by atoms with van der Waals surface area (Å²) in [6.07, 6.45) is 2.02. The smallest absolute Gasteiger partial charge is 0.362 e.